The molecule has 1 aromatic rings. The maximum Gasteiger partial charge on any atom is 0.143 e. The van der Waals surface area contributed by atoms with Crippen molar-refractivity contribution < 1.29 is 4.39 Å². The minimum Gasteiger partial charge on any atom is -0.397 e. The number of halogens is 2. The Morgan fingerprint density at radius 3 is 2.40 bits per heavy atom. The highest BCUT2D eigenvalue weighted by Crippen LogP contribution is 2.37. The third kappa shape index (κ3) is 2.05. The van der Waals surface area contributed by atoms with E-state index in [-0.39, 0.29) is 16.3 Å². The third-order valence-corrected chi connectivity index (χ3v) is 2.51. The maximum absolute atomic E-state index is 13.5. The Bertz CT molecular complexity index is 441. The molecule has 15 heavy (non-hydrogen) atoms. The molecule has 2 N–H and O–H groups in total. The maximum atomic E-state index is 13.5. The van der Waals surface area contributed by atoms with E-state index in [2.05, 4.69) is 0 Å². The number of nitrogens with zero attached hydrogens (tertiary/aromatic N) is 1. The zero-order valence-corrected chi connectivity index (χ0v) is 9.61. The minimum atomic E-state index is -0.621. The lowest BCUT2D eigenvalue weighted by atomic mass is 9.83. The Balaban J connectivity index is 3.68. The van der Waals surface area contributed by atoms with Gasteiger partial charge in [-0.25, -0.2) is 4.39 Å². The van der Waals surface area contributed by atoms with Crippen molar-refractivity contribution in [2.24, 2.45) is 0 Å². The summed E-state index contributed by atoms with van der Waals surface area (Å²) in [4.78, 5) is 0. The summed E-state index contributed by atoms with van der Waals surface area (Å²) in [6.07, 6.45) is 0. The lowest BCUT2D eigenvalue weighted by molar-refractivity contribution is 0.569. The fraction of sp³-hybridized carbons (Fsp3) is 0.364. The standard InChI is InChI=1S/C11H12ClFN2/c1-11(2,3)9-6(5-14)7(13)4-8(15)10(9)12/h4H,15H2,1-3H3. The molecule has 0 saturated carbocycles. The van der Waals surface area contributed by atoms with Crippen molar-refractivity contribution in [1.29, 1.82) is 5.26 Å². The fourth-order valence-corrected chi connectivity index (χ4v) is 1.89. The molecule has 2 nitrogen and oxygen atoms in total. The lowest BCUT2D eigenvalue weighted by Gasteiger charge is -2.23. The van der Waals surface area contributed by atoms with Gasteiger partial charge in [0.1, 0.15) is 11.9 Å². The molecule has 0 amide bonds. The van der Waals surface area contributed by atoms with Crippen LogP contribution in [-0.4, -0.2) is 0 Å². The summed E-state index contributed by atoms with van der Waals surface area (Å²) in [6.45, 7) is 5.57. The van der Waals surface area contributed by atoms with E-state index in [9.17, 15) is 4.39 Å². The summed E-state index contributed by atoms with van der Waals surface area (Å²) < 4.78 is 13.5. The van der Waals surface area contributed by atoms with Crippen molar-refractivity contribution in [3.63, 3.8) is 0 Å². The van der Waals surface area contributed by atoms with Crippen LogP contribution >= 0.6 is 11.6 Å². The summed E-state index contributed by atoms with van der Waals surface area (Å²) in [5.41, 5.74) is 5.74. The Labute approximate surface area is 93.5 Å². The molecular formula is C11H12ClFN2. The quantitative estimate of drug-likeness (QED) is 0.691. The van der Waals surface area contributed by atoms with Crippen molar-refractivity contribution in [1.82, 2.24) is 0 Å². The van der Waals surface area contributed by atoms with Gasteiger partial charge in [0.05, 0.1) is 16.3 Å². The van der Waals surface area contributed by atoms with Gasteiger partial charge in [0.15, 0.2) is 0 Å². The molecule has 0 unspecified atom stereocenters. The number of benzene rings is 1. The van der Waals surface area contributed by atoms with Crippen molar-refractivity contribution in [3.8, 4) is 6.07 Å². The highest BCUT2D eigenvalue weighted by atomic mass is 35.5. The molecule has 0 fully saturated rings. The van der Waals surface area contributed by atoms with Crippen molar-refractivity contribution in [3.05, 3.63) is 28.0 Å². The van der Waals surface area contributed by atoms with Crippen LogP contribution in [0.4, 0.5) is 10.1 Å². The largest absolute Gasteiger partial charge is 0.397 e. The number of nitriles is 1. The van der Waals surface area contributed by atoms with E-state index in [0.29, 0.717) is 5.56 Å². The van der Waals surface area contributed by atoms with Crippen LogP contribution < -0.4 is 5.73 Å². The second-order valence-electron chi connectivity index (χ2n) is 4.37. The van der Waals surface area contributed by atoms with Gasteiger partial charge in [-0.1, -0.05) is 32.4 Å². The van der Waals surface area contributed by atoms with Crippen LogP contribution in [0.3, 0.4) is 0 Å². The molecule has 0 aliphatic heterocycles. The molecular weight excluding hydrogens is 215 g/mol. The third-order valence-electron chi connectivity index (χ3n) is 2.11. The number of hydrogen-bond acceptors (Lipinski definition) is 2. The van der Waals surface area contributed by atoms with Crippen molar-refractivity contribution >= 4 is 17.3 Å². The number of nitrogens with two attached hydrogens (primary N) is 1. The van der Waals surface area contributed by atoms with Crippen LogP contribution in [0.1, 0.15) is 31.9 Å². The monoisotopic (exact) mass is 226 g/mol. The van der Waals surface area contributed by atoms with E-state index < -0.39 is 11.2 Å². The first-order valence-corrected chi connectivity index (χ1v) is 4.85. The van der Waals surface area contributed by atoms with Gasteiger partial charge in [0, 0.05) is 0 Å². The van der Waals surface area contributed by atoms with E-state index in [4.69, 9.17) is 22.6 Å². The summed E-state index contributed by atoms with van der Waals surface area (Å²) in [5.74, 6) is -0.621. The Morgan fingerprint density at radius 2 is 2.00 bits per heavy atom. The molecule has 0 saturated heterocycles. The first-order valence-electron chi connectivity index (χ1n) is 4.47. The van der Waals surface area contributed by atoms with Crippen molar-refractivity contribution in [2.75, 3.05) is 5.73 Å². The van der Waals surface area contributed by atoms with E-state index >= 15 is 0 Å². The molecule has 0 heterocycles. The molecule has 0 atom stereocenters. The molecule has 0 radical (unpaired) electrons. The normalized spacial score (nSPS) is 11.2. The van der Waals surface area contributed by atoms with Gasteiger partial charge in [0.2, 0.25) is 0 Å². The zero-order valence-electron chi connectivity index (χ0n) is 8.86. The molecule has 0 aliphatic carbocycles. The zero-order chi connectivity index (χ0) is 11.8. The molecule has 0 aliphatic rings. The molecule has 4 heteroatoms. The van der Waals surface area contributed by atoms with Gasteiger partial charge in [-0.3, -0.25) is 0 Å². The van der Waals surface area contributed by atoms with Crippen molar-refractivity contribution in [2.45, 2.75) is 26.2 Å². The summed E-state index contributed by atoms with van der Waals surface area (Å²) in [6, 6.07) is 2.90. The van der Waals surface area contributed by atoms with Crippen LogP contribution in [0.5, 0.6) is 0 Å². The van der Waals surface area contributed by atoms with Crippen LogP contribution in [0.2, 0.25) is 5.02 Å². The van der Waals surface area contributed by atoms with E-state index in [1.807, 2.05) is 26.8 Å². The number of hydrogen-bond donors (Lipinski definition) is 1. The molecule has 0 bridgehead atoms. The second-order valence-corrected chi connectivity index (χ2v) is 4.75. The minimum absolute atomic E-state index is 0.0262. The highest BCUT2D eigenvalue weighted by molar-refractivity contribution is 6.34. The van der Waals surface area contributed by atoms with E-state index in [1.165, 1.54) is 0 Å². The SMILES string of the molecule is CC(C)(C)c1c(Cl)c(N)cc(F)c1C#N. The molecule has 0 spiro atoms. The van der Waals surface area contributed by atoms with Gasteiger partial charge in [-0.2, -0.15) is 5.26 Å². The van der Waals surface area contributed by atoms with Crippen LogP contribution in [0, 0.1) is 17.1 Å². The lowest BCUT2D eigenvalue weighted by Crippen LogP contribution is -2.16. The topological polar surface area (TPSA) is 49.8 Å². The smallest absolute Gasteiger partial charge is 0.143 e. The molecule has 1 aromatic carbocycles. The first-order chi connectivity index (χ1) is 6.79. The Morgan fingerprint density at radius 1 is 1.47 bits per heavy atom. The van der Waals surface area contributed by atoms with E-state index in [1.54, 1.807) is 0 Å². The number of rotatable bonds is 0. The fourth-order valence-electron chi connectivity index (χ4n) is 1.46. The van der Waals surface area contributed by atoms with E-state index in [0.717, 1.165) is 6.07 Å². The average molecular weight is 227 g/mol. The summed E-state index contributed by atoms with van der Waals surface area (Å²) in [7, 11) is 0. The van der Waals surface area contributed by atoms with Gasteiger partial charge >= 0.3 is 0 Å². The van der Waals surface area contributed by atoms with Gasteiger partial charge in [0.25, 0.3) is 0 Å². The molecule has 0 aromatic heterocycles. The molecule has 1 rings (SSSR count). The second kappa shape index (κ2) is 3.71. The van der Waals surface area contributed by atoms with Gasteiger partial charge < -0.3 is 5.73 Å². The van der Waals surface area contributed by atoms with Gasteiger partial charge in [-0.15, -0.1) is 0 Å². The molecule has 80 valence electrons. The Kier molecular flexibility index (Phi) is 2.92. The summed E-state index contributed by atoms with van der Waals surface area (Å²) >= 11 is 5.99. The van der Waals surface area contributed by atoms with Crippen LogP contribution in [0.15, 0.2) is 6.07 Å². The Hall–Kier alpha value is -1.27. The summed E-state index contributed by atoms with van der Waals surface area (Å²) in [5, 5.41) is 9.15. The number of anilines is 1. The first kappa shape index (κ1) is 11.8. The van der Waals surface area contributed by atoms with Crippen LogP contribution in [-0.2, 0) is 5.41 Å². The van der Waals surface area contributed by atoms with Gasteiger partial charge in [-0.05, 0) is 17.0 Å². The number of nitrogen functional groups attached to an aromatic ring is 1. The average Bonchev–Trinajstić information content (AvgIpc) is 2.08. The predicted molar refractivity (Wildman–Crippen MR) is 59.2 cm³/mol. The highest BCUT2D eigenvalue weighted by Gasteiger charge is 2.25. The predicted octanol–water partition coefficient (Wildman–Crippen LogP) is 3.23. The van der Waals surface area contributed by atoms with Crippen LogP contribution in [0.25, 0.3) is 0 Å².